The summed E-state index contributed by atoms with van der Waals surface area (Å²) in [6.45, 7) is 5.78. The SMILES string of the molecule is NCCCN1CCN(c2nnnn2-c2ccccc2)CC1. The smallest absolute Gasteiger partial charge is 0.250 e. The molecule has 21 heavy (non-hydrogen) atoms. The molecule has 0 bridgehead atoms. The summed E-state index contributed by atoms with van der Waals surface area (Å²) in [5.74, 6) is 0.819. The minimum Gasteiger partial charge on any atom is -0.337 e. The molecular formula is C14H21N7. The quantitative estimate of drug-likeness (QED) is 0.842. The standard InChI is InChI=1S/C14H21N7/c15-7-4-8-19-9-11-20(12-10-19)14-16-17-18-21(14)13-5-2-1-3-6-13/h1-3,5-6H,4,7-12,15H2. The Balaban J connectivity index is 1.68. The van der Waals surface area contributed by atoms with Crippen LogP contribution >= 0.6 is 0 Å². The van der Waals surface area contributed by atoms with Crippen molar-refractivity contribution < 1.29 is 0 Å². The van der Waals surface area contributed by atoms with Crippen molar-refractivity contribution in [3.8, 4) is 5.69 Å². The van der Waals surface area contributed by atoms with Gasteiger partial charge in [0.1, 0.15) is 0 Å². The molecule has 0 radical (unpaired) electrons. The van der Waals surface area contributed by atoms with Gasteiger partial charge in [-0.3, -0.25) is 4.90 Å². The van der Waals surface area contributed by atoms with Crippen molar-refractivity contribution >= 4 is 5.95 Å². The van der Waals surface area contributed by atoms with Crippen LogP contribution in [0.4, 0.5) is 5.95 Å². The van der Waals surface area contributed by atoms with Crippen LogP contribution in [0.5, 0.6) is 0 Å². The highest BCUT2D eigenvalue weighted by Crippen LogP contribution is 2.16. The molecule has 2 N–H and O–H groups in total. The molecule has 7 nitrogen and oxygen atoms in total. The van der Waals surface area contributed by atoms with E-state index in [2.05, 4.69) is 25.3 Å². The molecule has 1 aromatic heterocycles. The zero-order valence-electron chi connectivity index (χ0n) is 12.1. The number of hydrogen-bond donors (Lipinski definition) is 1. The van der Waals surface area contributed by atoms with Crippen molar-refractivity contribution in [3.63, 3.8) is 0 Å². The van der Waals surface area contributed by atoms with E-state index in [4.69, 9.17) is 5.73 Å². The van der Waals surface area contributed by atoms with E-state index in [1.54, 1.807) is 4.68 Å². The first kappa shape index (κ1) is 14.0. The molecule has 1 aliphatic heterocycles. The van der Waals surface area contributed by atoms with Crippen LogP contribution < -0.4 is 10.6 Å². The molecule has 1 aromatic carbocycles. The summed E-state index contributed by atoms with van der Waals surface area (Å²) in [4.78, 5) is 4.69. The Morgan fingerprint density at radius 1 is 1.05 bits per heavy atom. The summed E-state index contributed by atoms with van der Waals surface area (Å²) >= 11 is 0. The average molecular weight is 287 g/mol. The van der Waals surface area contributed by atoms with Crippen molar-refractivity contribution in [1.82, 2.24) is 25.1 Å². The maximum atomic E-state index is 5.57. The number of nitrogens with two attached hydrogens (primary N) is 1. The number of anilines is 1. The second-order valence-electron chi connectivity index (χ2n) is 5.20. The van der Waals surface area contributed by atoms with E-state index in [1.165, 1.54) is 0 Å². The van der Waals surface area contributed by atoms with E-state index in [9.17, 15) is 0 Å². The van der Waals surface area contributed by atoms with Crippen molar-refractivity contribution in [3.05, 3.63) is 30.3 Å². The van der Waals surface area contributed by atoms with Gasteiger partial charge in [-0.25, -0.2) is 0 Å². The summed E-state index contributed by atoms with van der Waals surface area (Å²) in [6, 6.07) is 10.00. The van der Waals surface area contributed by atoms with Crippen LogP contribution in [0.3, 0.4) is 0 Å². The molecule has 1 aliphatic rings. The van der Waals surface area contributed by atoms with Crippen LogP contribution in [-0.4, -0.2) is 64.4 Å². The van der Waals surface area contributed by atoms with E-state index in [1.807, 2.05) is 30.3 Å². The van der Waals surface area contributed by atoms with Crippen LogP contribution in [0.25, 0.3) is 5.69 Å². The van der Waals surface area contributed by atoms with Crippen molar-refractivity contribution in [1.29, 1.82) is 0 Å². The van der Waals surface area contributed by atoms with E-state index < -0.39 is 0 Å². The largest absolute Gasteiger partial charge is 0.337 e. The van der Waals surface area contributed by atoms with Crippen LogP contribution in [0.1, 0.15) is 6.42 Å². The minimum absolute atomic E-state index is 0.756. The van der Waals surface area contributed by atoms with Gasteiger partial charge in [0, 0.05) is 26.2 Å². The molecule has 1 fully saturated rings. The zero-order valence-corrected chi connectivity index (χ0v) is 12.1. The normalized spacial score (nSPS) is 16.3. The van der Waals surface area contributed by atoms with Gasteiger partial charge in [0.15, 0.2) is 0 Å². The lowest BCUT2D eigenvalue weighted by molar-refractivity contribution is 0.255. The highest BCUT2D eigenvalue weighted by Gasteiger charge is 2.21. The number of rotatable bonds is 5. The topological polar surface area (TPSA) is 76.1 Å². The number of tetrazole rings is 1. The molecule has 112 valence electrons. The molecule has 2 aromatic rings. The third-order valence-electron chi connectivity index (χ3n) is 3.79. The van der Waals surface area contributed by atoms with Gasteiger partial charge in [-0.15, -0.1) is 0 Å². The molecule has 7 heteroatoms. The molecule has 0 unspecified atom stereocenters. The molecule has 0 amide bonds. The lowest BCUT2D eigenvalue weighted by Crippen LogP contribution is -2.47. The monoisotopic (exact) mass is 287 g/mol. The zero-order chi connectivity index (χ0) is 14.5. The molecular weight excluding hydrogens is 266 g/mol. The first-order chi connectivity index (χ1) is 10.4. The molecule has 3 rings (SSSR count). The molecule has 2 heterocycles. The Hall–Kier alpha value is -1.99. The number of benzene rings is 1. The van der Waals surface area contributed by atoms with Gasteiger partial charge in [0.05, 0.1) is 5.69 Å². The Bertz CT molecular complexity index is 545. The summed E-state index contributed by atoms with van der Waals surface area (Å²) in [5.41, 5.74) is 6.56. The Labute approximate surface area is 124 Å². The Morgan fingerprint density at radius 2 is 1.81 bits per heavy atom. The van der Waals surface area contributed by atoms with Gasteiger partial charge in [0.2, 0.25) is 5.95 Å². The third-order valence-corrected chi connectivity index (χ3v) is 3.79. The number of hydrogen-bond acceptors (Lipinski definition) is 6. The highest BCUT2D eigenvalue weighted by atomic mass is 15.6. The number of aromatic nitrogens is 4. The summed E-state index contributed by atoms with van der Waals surface area (Å²) in [6.07, 6.45) is 1.06. The van der Waals surface area contributed by atoms with Crippen LogP contribution in [0, 0.1) is 0 Å². The van der Waals surface area contributed by atoms with Crippen molar-refractivity contribution in [2.24, 2.45) is 5.73 Å². The van der Waals surface area contributed by atoms with E-state index in [-0.39, 0.29) is 0 Å². The predicted octanol–water partition coefficient (Wildman–Crippen LogP) is 0.133. The van der Waals surface area contributed by atoms with Crippen molar-refractivity contribution in [2.75, 3.05) is 44.2 Å². The van der Waals surface area contributed by atoms with Gasteiger partial charge in [-0.05, 0) is 42.1 Å². The molecule has 1 saturated heterocycles. The number of piperazine rings is 1. The number of nitrogens with zero attached hydrogens (tertiary/aromatic N) is 6. The van der Waals surface area contributed by atoms with Crippen LogP contribution in [0.2, 0.25) is 0 Å². The minimum atomic E-state index is 0.756. The second-order valence-corrected chi connectivity index (χ2v) is 5.20. The first-order valence-electron chi connectivity index (χ1n) is 7.39. The van der Waals surface area contributed by atoms with E-state index >= 15 is 0 Å². The fraction of sp³-hybridized carbons (Fsp3) is 0.500. The lowest BCUT2D eigenvalue weighted by Gasteiger charge is -2.34. The molecule has 0 aliphatic carbocycles. The maximum absolute atomic E-state index is 5.57. The van der Waals surface area contributed by atoms with Gasteiger partial charge < -0.3 is 10.6 Å². The van der Waals surface area contributed by atoms with Gasteiger partial charge in [0.25, 0.3) is 0 Å². The predicted molar refractivity (Wildman–Crippen MR) is 81.5 cm³/mol. The van der Waals surface area contributed by atoms with E-state index in [0.29, 0.717) is 0 Å². The first-order valence-corrected chi connectivity index (χ1v) is 7.39. The fourth-order valence-electron chi connectivity index (χ4n) is 2.60. The summed E-state index contributed by atoms with van der Waals surface area (Å²) < 4.78 is 1.80. The molecule has 0 saturated carbocycles. The van der Waals surface area contributed by atoms with Gasteiger partial charge in [-0.1, -0.05) is 23.3 Å². The van der Waals surface area contributed by atoms with Gasteiger partial charge in [-0.2, -0.15) is 4.68 Å². The Morgan fingerprint density at radius 3 is 2.52 bits per heavy atom. The Kier molecular flexibility index (Phi) is 4.42. The van der Waals surface area contributed by atoms with Crippen LogP contribution in [0.15, 0.2) is 30.3 Å². The summed E-state index contributed by atoms with van der Waals surface area (Å²) in [7, 11) is 0. The third kappa shape index (κ3) is 3.20. The number of para-hydroxylation sites is 1. The maximum Gasteiger partial charge on any atom is 0.250 e. The summed E-state index contributed by atoms with van der Waals surface area (Å²) in [5, 5.41) is 12.1. The fourth-order valence-corrected chi connectivity index (χ4v) is 2.60. The average Bonchev–Trinajstić information content (AvgIpc) is 3.04. The van der Waals surface area contributed by atoms with Crippen molar-refractivity contribution in [2.45, 2.75) is 6.42 Å². The van der Waals surface area contributed by atoms with Crippen LogP contribution in [-0.2, 0) is 0 Å². The molecule has 0 spiro atoms. The lowest BCUT2D eigenvalue weighted by atomic mass is 10.3. The van der Waals surface area contributed by atoms with Gasteiger partial charge >= 0.3 is 0 Å². The molecule has 0 atom stereocenters. The second kappa shape index (κ2) is 6.64. The van der Waals surface area contributed by atoms with E-state index in [0.717, 1.165) is 57.3 Å². The highest BCUT2D eigenvalue weighted by molar-refractivity contribution is 5.40.